The Kier molecular flexibility index (Phi) is 5.23. The van der Waals surface area contributed by atoms with Gasteiger partial charge in [0.1, 0.15) is 5.75 Å². The normalized spacial score (nSPS) is 22.7. The lowest BCUT2D eigenvalue weighted by atomic mass is 9.75. The lowest BCUT2D eigenvalue weighted by molar-refractivity contribution is 0.289. The molecule has 2 aromatic carbocycles. The highest BCUT2D eigenvalue weighted by atomic mass is 16.5. The van der Waals surface area contributed by atoms with Crippen LogP contribution in [-0.4, -0.2) is 6.61 Å². The minimum absolute atomic E-state index is 0.362. The molecule has 2 aromatic rings. The number of rotatable bonds is 5. The Morgan fingerprint density at radius 3 is 2.54 bits per heavy atom. The summed E-state index contributed by atoms with van der Waals surface area (Å²) >= 11 is 0. The van der Waals surface area contributed by atoms with Gasteiger partial charge in [0.05, 0.1) is 12.6 Å². The Hall–Kier alpha value is -2.22. The second-order valence-electron chi connectivity index (χ2n) is 9.07. The van der Waals surface area contributed by atoms with Gasteiger partial charge in [-0.15, -0.1) is 0 Å². The van der Waals surface area contributed by atoms with Gasteiger partial charge in [0, 0.05) is 11.6 Å². The molecule has 0 amide bonds. The Balaban J connectivity index is 1.65. The van der Waals surface area contributed by atoms with Crippen molar-refractivity contribution in [2.24, 2.45) is 11.8 Å². The summed E-state index contributed by atoms with van der Waals surface area (Å²) in [5, 5.41) is 3.89. The topological polar surface area (TPSA) is 21.3 Å². The van der Waals surface area contributed by atoms with Crippen LogP contribution < -0.4 is 10.1 Å². The molecule has 1 aliphatic heterocycles. The molecule has 0 radical (unpaired) electrons. The van der Waals surface area contributed by atoms with Gasteiger partial charge in [0.2, 0.25) is 0 Å². The summed E-state index contributed by atoms with van der Waals surface area (Å²) in [5.74, 6) is 2.71. The van der Waals surface area contributed by atoms with Crippen molar-refractivity contribution >= 4 is 5.69 Å². The van der Waals surface area contributed by atoms with E-state index in [9.17, 15) is 0 Å². The number of aryl methyl sites for hydroxylation is 3. The van der Waals surface area contributed by atoms with Crippen LogP contribution in [0, 0.1) is 32.6 Å². The van der Waals surface area contributed by atoms with Gasteiger partial charge in [-0.2, -0.15) is 0 Å². The van der Waals surface area contributed by atoms with Crippen LogP contribution in [0.3, 0.4) is 0 Å². The number of allylic oxidation sites excluding steroid dienone is 2. The average Bonchev–Trinajstić information content (AvgIpc) is 3.11. The molecule has 0 spiro atoms. The average molecular weight is 376 g/mol. The van der Waals surface area contributed by atoms with Crippen LogP contribution in [0.5, 0.6) is 5.75 Å². The van der Waals surface area contributed by atoms with E-state index in [0.717, 1.165) is 25.2 Å². The summed E-state index contributed by atoms with van der Waals surface area (Å²) < 4.78 is 6.04. The van der Waals surface area contributed by atoms with E-state index >= 15 is 0 Å². The van der Waals surface area contributed by atoms with Crippen molar-refractivity contribution in [1.82, 2.24) is 0 Å². The zero-order chi connectivity index (χ0) is 19.8. The third kappa shape index (κ3) is 3.57. The Morgan fingerprint density at radius 2 is 1.82 bits per heavy atom. The van der Waals surface area contributed by atoms with E-state index in [1.165, 1.54) is 33.5 Å². The van der Waals surface area contributed by atoms with Gasteiger partial charge in [-0.25, -0.2) is 0 Å². The van der Waals surface area contributed by atoms with Crippen LogP contribution in [0.25, 0.3) is 0 Å². The summed E-state index contributed by atoms with van der Waals surface area (Å²) in [6, 6.07) is 11.6. The van der Waals surface area contributed by atoms with Crippen molar-refractivity contribution < 1.29 is 4.74 Å². The zero-order valence-electron chi connectivity index (χ0n) is 17.9. The molecule has 0 saturated carbocycles. The summed E-state index contributed by atoms with van der Waals surface area (Å²) in [6.45, 7) is 12.0. The molecule has 0 bridgehead atoms. The third-order valence-corrected chi connectivity index (χ3v) is 6.35. The predicted octanol–water partition coefficient (Wildman–Crippen LogP) is 6.86. The number of benzene rings is 2. The zero-order valence-corrected chi connectivity index (χ0v) is 17.9. The van der Waals surface area contributed by atoms with Crippen molar-refractivity contribution in [2.45, 2.75) is 59.4 Å². The fourth-order valence-electron chi connectivity index (χ4n) is 5.04. The molecule has 4 rings (SSSR count). The van der Waals surface area contributed by atoms with Crippen LogP contribution in [0.15, 0.2) is 42.5 Å². The molecule has 3 atom stereocenters. The quantitative estimate of drug-likeness (QED) is 0.576. The second kappa shape index (κ2) is 7.66. The van der Waals surface area contributed by atoms with Crippen LogP contribution >= 0.6 is 0 Å². The standard InChI is InChI=1S/C26H33NO/c1-16(2)11-12-28-20-9-10-24-23(15-20)21-7-6-8-22(21)26(27-24)25-18(4)13-17(3)14-19(25)5/h6-7,9-10,13-16,21-22,26-27H,8,11-12H2,1-5H3. The van der Waals surface area contributed by atoms with Crippen molar-refractivity contribution in [2.75, 3.05) is 11.9 Å². The molecule has 0 fully saturated rings. The summed E-state index contributed by atoms with van der Waals surface area (Å²) in [7, 11) is 0. The van der Waals surface area contributed by atoms with Crippen LogP contribution in [-0.2, 0) is 0 Å². The Morgan fingerprint density at radius 1 is 1.07 bits per heavy atom. The highest BCUT2D eigenvalue weighted by molar-refractivity contribution is 5.62. The van der Waals surface area contributed by atoms with E-state index < -0.39 is 0 Å². The van der Waals surface area contributed by atoms with Crippen LogP contribution in [0.1, 0.15) is 66.5 Å². The van der Waals surface area contributed by atoms with E-state index in [0.29, 0.717) is 23.8 Å². The first-order valence-electron chi connectivity index (χ1n) is 10.7. The fraction of sp³-hybridized carbons (Fsp3) is 0.462. The minimum atomic E-state index is 0.362. The number of nitrogens with one attached hydrogen (secondary N) is 1. The van der Waals surface area contributed by atoms with Gasteiger partial charge in [-0.3, -0.25) is 0 Å². The first kappa shape index (κ1) is 19.1. The maximum absolute atomic E-state index is 6.04. The van der Waals surface area contributed by atoms with Gasteiger partial charge >= 0.3 is 0 Å². The Labute approximate surface area is 170 Å². The molecular weight excluding hydrogens is 342 g/mol. The third-order valence-electron chi connectivity index (χ3n) is 6.35. The lowest BCUT2D eigenvalue weighted by Crippen LogP contribution is -2.30. The monoisotopic (exact) mass is 375 g/mol. The molecule has 28 heavy (non-hydrogen) atoms. The fourth-order valence-corrected chi connectivity index (χ4v) is 5.04. The highest BCUT2D eigenvalue weighted by Gasteiger charge is 2.39. The van der Waals surface area contributed by atoms with Gasteiger partial charge in [-0.1, -0.05) is 43.7 Å². The maximum Gasteiger partial charge on any atom is 0.119 e. The second-order valence-corrected chi connectivity index (χ2v) is 9.07. The van der Waals surface area contributed by atoms with E-state index in [1.807, 2.05) is 0 Å². The van der Waals surface area contributed by atoms with Crippen molar-refractivity contribution in [3.8, 4) is 5.75 Å². The van der Waals surface area contributed by atoms with E-state index in [2.05, 4.69) is 82.4 Å². The van der Waals surface area contributed by atoms with Gasteiger partial charge < -0.3 is 10.1 Å². The van der Waals surface area contributed by atoms with E-state index in [1.54, 1.807) is 0 Å². The lowest BCUT2D eigenvalue weighted by Gasteiger charge is -2.39. The molecule has 0 saturated heterocycles. The molecule has 1 N–H and O–H groups in total. The molecule has 2 nitrogen and oxygen atoms in total. The maximum atomic E-state index is 6.04. The first-order chi connectivity index (χ1) is 13.4. The van der Waals surface area contributed by atoms with Crippen LogP contribution in [0.4, 0.5) is 5.69 Å². The number of hydrogen-bond acceptors (Lipinski definition) is 2. The number of ether oxygens (including phenoxy) is 1. The summed E-state index contributed by atoms with van der Waals surface area (Å²) in [5.41, 5.74) is 8.27. The largest absolute Gasteiger partial charge is 0.494 e. The molecule has 148 valence electrons. The molecule has 1 aliphatic carbocycles. The molecule has 2 heteroatoms. The number of fused-ring (bicyclic) bond motifs is 3. The van der Waals surface area contributed by atoms with Crippen LogP contribution in [0.2, 0.25) is 0 Å². The number of hydrogen-bond donors (Lipinski definition) is 1. The SMILES string of the molecule is Cc1cc(C)c(C2Nc3ccc(OCCC(C)C)cc3C3C=CCC32)c(C)c1. The molecule has 1 heterocycles. The van der Waals surface area contributed by atoms with Crippen molar-refractivity contribution in [3.63, 3.8) is 0 Å². The molecule has 0 aromatic heterocycles. The predicted molar refractivity (Wildman–Crippen MR) is 118 cm³/mol. The summed E-state index contributed by atoms with van der Waals surface area (Å²) in [4.78, 5) is 0. The minimum Gasteiger partial charge on any atom is -0.494 e. The number of anilines is 1. The van der Waals surface area contributed by atoms with E-state index in [-0.39, 0.29) is 0 Å². The highest BCUT2D eigenvalue weighted by Crippen LogP contribution is 2.51. The molecule has 2 aliphatic rings. The first-order valence-corrected chi connectivity index (χ1v) is 10.7. The summed E-state index contributed by atoms with van der Waals surface area (Å²) in [6.07, 6.45) is 7.00. The molecular formula is C26H33NO. The van der Waals surface area contributed by atoms with Gasteiger partial charge in [0.15, 0.2) is 0 Å². The molecule has 3 unspecified atom stereocenters. The van der Waals surface area contributed by atoms with Gasteiger partial charge in [0.25, 0.3) is 0 Å². The Bertz CT molecular complexity index is 872. The van der Waals surface area contributed by atoms with E-state index in [4.69, 9.17) is 4.74 Å². The van der Waals surface area contributed by atoms with Crippen molar-refractivity contribution in [1.29, 1.82) is 0 Å². The smallest absolute Gasteiger partial charge is 0.119 e. The van der Waals surface area contributed by atoms with Gasteiger partial charge in [-0.05, 0) is 85.9 Å². The van der Waals surface area contributed by atoms with Crippen molar-refractivity contribution in [3.05, 3.63) is 70.3 Å².